The van der Waals surface area contributed by atoms with E-state index in [1.165, 1.54) is 0 Å². The molecule has 1 aromatic carbocycles. The largest absolute Gasteiger partial charge is 0.467 e. The maximum absolute atomic E-state index is 7.03. The number of benzene rings is 1. The van der Waals surface area contributed by atoms with Crippen molar-refractivity contribution in [2.45, 2.75) is 11.5 Å². The molecule has 1 aliphatic heterocycles. The van der Waals surface area contributed by atoms with Crippen LogP contribution in [0.2, 0.25) is 0 Å². The van der Waals surface area contributed by atoms with Crippen molar-refractivity contribution in [3.63, 3.8) is 0 Å². The highest BCUT2D eigenvalue weighted by molar-refractivity contribution is 5.92. The first-order valence-corrected chi connectivity index (χ1v) is 11.5. The Balaban J connectivity index is 1.59. The Labute approximate surface area is 205 Å². The fourth-order valence-corrected chi connectivity index (χ4v) is 4.93. The van der Waals surface area contributed by atoms with Gasteiger partial charge in [-0.15, -0.1) is 0 Å². The lowest BCUT2D eigenvalue weighted by molar-refractivity contribution is 0.0660. The molecule has 3 N–H and O–H groups in total. The smallest absolute Gasteiger partial charge is 0.237 e. The van der Waals surface area contributed by atoms with Gasteiger partial charge in [0, 0.05) is 37.2 Å². The van der Waals surface area contributed by atoms with Crippen molar-refractivity contribution in [3.05, 3.63) is 127 Å². The summed E-state index contributed by atoms with van der Waals surface area (Å²) in [4.78, 5) is 33.8. The molecule has 0 saturated carbocycles. The molecule has 0 bridgehead atoms. The van der Waals surface area contributed by atoms with Crippen LogP contribution in [0.1, 0.15) is 34.8 Å². The normalized spacial score (nSPS) is 19.6. The number of nitrogens with one attached hydrogen (secondary N) is 3. The van der Waals surface area contributed by atoms with Gasteiger partial charge in [-0.2, -0.15) is 0 Å². The highest BCUT2D eigenvalue weighted by Gasteiger charge is 2.59. The van der Waals surface area contributed by atoms with E-state index in [0.717, 1.165) is 28.0 Å². The Hall–Kier alpha value is -5.05. The molecule has 0 amide bonds. The van der Waals surface area contributed by atoms with Crippen LogP contribution < -0.4 is 0 Å². The monoisotopic (exact) mass is 472 g/mol. The third kappa shape index (κ3) is 2.99. The third-order valence-corrected chi connectivity index (χ3v) is 6.42. The van der Waals surface area contributed by atoms with Gasteiger partial charge >= 0.3 is 0 Å². The number of ether oxygens (including phenoxy) is 1. The number of nitrogens with zero attached hydrogens (tertiary/aromatic N) is 5. The molecule has 6 aromatic rings. The average molecular weight is 473 g/mol. The number of pyridine rings is 1. The quantitative estimate of drug-likeness (QED) is 0.341. The summed E-state index contributed by atoms with van der Waals surface area (Å²) in [6.45, 7) is 0. The van der Waals surface area contributed by atoms with E-state index in [9.17, 15) is 0 Å². The molecule has 0 spiro atoms. The van der Waals surface area contributed by atoms with Crippen LogP contribution in [-0.4, -0.2) is 39.9 Å². The summed E-state index contributed by atoms with van der Waals surface area (Å²) < 4.78 is 7.03. The van der Waals surface area contributed by atoms with Crippen molar-refractivity contribution in [2.24, 2.45) is 0 Å². The van der Waals surface area contributed by atoms with Crippen molar-refractivity contribution < 1.29 is 4.74 Å². The summed E-state index contributed by atoms with van der Waals surface area (Å²) in [7, 11) is 0. The van der Waals surface area contributed by atoms with Crippen molar-refractivity contribution >= 4 is 22.4 Å². The van der Waals surface area contributed by atoms with Gasteiger partial charge in [-0.1, -0.05) is 18.2 Å². The molecule has 5 aromatic heterocycles. The summed E-state index contributed by atoms with van der Waals surface area (Å²) in [5.74, 6) is 1.86. The summed E-state index contributed by atoms with van der Waals surface area (Å²) >= 11 is 0. The standard InChI is InChI=1S/C27H20N8O/c1-2-8-18-17(7-1)34-26(35-18)27(25-32-13-6-14-33-25)22(19-9-3-4-11-28-19)21(24-30-15-16-31-24)23(36-27)20-10-5-12-29-20/h1-16,22,29H,(H,30,31)(H,34,35). The van der Waals surface area contributed by atoms with Crippen LogP contribution in [0.3, 0.4) is 0 Å². The van der Waals surface area contributed by atoms with E-state index in [1.807, 2.05) is 60.8 Å². The molecule has 2 atom stereocenters. The van der Waals surface area contributed by atoms with Crippen LogP contribution in [0.4, 0.5) is 0 Å². The number of aromatic amines is 3. The lowest BCUT2D eigenvalue weighted by atomic mass is 9.78. The highest BCUT2D eigenvalue weighted by Crippen LogP contribution is 2.58. The summed E-state index contributed by atoms with van der Waals surface area (Å²) in [5.41, 5.74) is 2.86. The van der Waals surface area contributed by atoms with E-state index >= 15 is 0 Å². The molecule has 9 heteroatoms. The van der Waals surface area contributed by atoms with Gasteiger partial charge in [0.25, 0.3) is 0 Å². The van der Waals surface area contributed by atoms with Crippen LogP contribution in [0.15, 0.2) is 97.8 Å². The number of H-pyrrole nitrogens is 3. The number of rotatable bonds is 5. The first-order chi connectivity index (χ1) is 17.8. The summed E-state index contributed by atoms with van der Waals surface area (Å²) in [6, 6.07) is 19.4. The second kappa shape index (κ2) is 8.02. The minimum Gasteiger partial charge on any atom is -0.467 e. The van der Waals surface area contributed by atoms with Crippen LogP contribution in [-0.2, 0) is 10.3 Å². The molecule has 7 rings (SSSR count). The number of para-hydroxylation sites is 2. The van der Waals surface area contributed by atoms with E-state index in [4.69, 9.17) is 24.7 Å². The molecule has 36 heavy (non-hydrogen) atoms. The van der Waals surface area contributed by atoms with Gasteiger partial charge in [-0.3, -0.25) is 4.98 Å². The number of aromatic nitrogens is 8. The Morgan fingerprint density at radius 2 is 1.61 bits per heavy atom. The molecule has 0 radical (unpaired) electrons. The molecule has 174 valence electrons. The molecule has 0 aliphatic carbocycles. The SMILES string of the molecule is c1ccc(C2C(c3ncc[nH]3)=C(c3ccc[nH]3)OC2(c2ncccn2)c2nc3ccccc3[nH]2)nc1. The van der Waals surface area contributed by atoms with E-state index in [2.05, 4.69) is 19.9 Å². The minimum atomic E-state index is -1.25. The second-order valence-corrected chi connectivity index (χ2v) is 8.46. The van der Waals surface area contributed by atoms with E-state index in [0.29, 0.717) is 23.2 Å². The maximum Gasteiger partial charge on any atom is 0.237 e. The molecule has 6 heterocycles. The molecule has 1 aliphatic rings. The maximum atomic E-state index is 7.03. The fourth-order valence-electron chi connectivity index (χ4n) is 4.93. The van der Waals surface area contributed by atoms with Gasteiger partial charge in [0.15, 0.2) is 17.4 Å². The topological polar surface area (TPSA) is 121 Å². The molecule has 9 nitrogen and oxygen atoms in total. The van der Waals surface area contributed by atoms with Crippen molar-refractivity contribution in [1.29, 1.82) is 0 Å². The van der Waals surface area contributed by atoms with E-state index in [1.54, 1.807) is 37.1 Å². The molecule has 2 unspecified atom stereocenters. The van der Waals surface area contributed by atoms with E-state index < -0.39 is 11.5 Å². The van der Waals surface area contributed by atoms with Crippen LogP contribution in [0.25, 0.3) is 22.4 Å². The minimum absolute atomic E-state index is 0.463. The Kier molecular flexibility index (Phi) is 4.53. The Morgan fingerprint density at radius 3 is 2.36 bits per heavy atom. The van der Waals surface area contributed by atoms with Gasteiger partial charge in [0.1, 0.15) is 5.82 Å². The molecular weight excluding hydrogens is 452 g/mol. The number of hydrogen-bond acceptors (Lipinski definition) is 6. The lowest BCUT2D eigenvalue weighted by Gasteiger charge is -2.32. The number of imidazole rings is 2. The zero-order valence-corrected chi connectivity index (χ0v) is 19.0. The van der Waals surface area contributed by atoms with E-state index in [-0.39, 0.29) is 0 Å². The predicted octanol–water partition coefficient (Wildman–Crippen LogP) is 4.43. The Morgan fingerprint density at radius 1 is 0.750 bits per heavy atom. The average Bonchev–Trinajstić information content (AvgIpc) is 3.74. The Bertz CT molecular complexity index is 1620. The van der Waals surface area contributed by atoms with Gasteiger partial charge in [-0.05, 0) is 42.5 Å². The van der Waals surface area contributed by atoms with Gasteiger partial charge < -0.3 is 19.7 Å². The summed E-state index contributed by atoms with van der Waals surface area (Å²) in [5, 5.41) is 0. The first kappa shape index (κ1) is 20.3. The highest BCUT2D eigenvalue weighted by atomic mass is 16.5. The number of hydrogen-bond donors (Lipinski definition) is 3. The zero-order chi connectivity index (χ0) is 24.0. The van der Waals surface area contributed by atoms with Crippen LogP contribution >= 0.6 is 0 Å². The van der Waals surface area contributed by atoms with Gasteiger partial charge in [0.2, 0.25) is 5.60 Å². The number of fused-ring (bicyclic) bond motifs is 1. The second-order valence-electron chi connectivity index (χ2n) is 8.46. The van der Waals surface area contributed by atoms with Crippen molar-refractivity contribution in [1.82, 2.24) is 39.9 Å². The van der Waals surface area contributed by atoms with Gasteiger partial charge in [0.05, 0.1) is 33.9 Å². The van der Waals surface area contributed by atoms with Crippen LogP contribution in [0, 0.1) is 0 Å². The van der Waals surface area contributed by atoms with Crippen LogP contribution in [0.5, 0.6) is 0 Å². The molecular formula is C27H20N8O. The zero-order valence-electron chi connectivity index (χ0n) is 19.0. The fraction of sp³-hybridized carbons (Fsp3) is 0.0741. The van der Waals surface area contributed by atoms with Gasteiger partial charge in [-0.25, -0.2) is 19.9 Å². The van der Waals surface area contributed by atoms with Crippen molar-refractivity contribution in [2.75, 3.05) is 0 Å². The molecule has 0 saturated heterocycles. The predicted molar refractivity (Wildman–Crippen MR) is 133 cm³/mol. The third-order valence-electron chi connectivity index (χ3n) is 6.42. The summed E-state index contributed by atoms with van der Waals surface area (Å²) in [6.07, 6.45) is 10.6. The van der Waals surface area contributed by atoms with Crippen molar-refractivity contribution in [3.8, 4) is 0 Å². The lowest BCUT2D eigenvalue weighted by Crippen LogP contribution is -2.37. The first-order valence-electron chi connectivity index (χ1n) is 11.5. The molecule has 0 fully saturated rings.